The van der Waals surface area contributed by atoms with Crippen LogP contribution in [0.1, 0.15) is 25.3 Å². The number of ether oxygens (including phenoxy) is 1. The predicted molar refractivity (Wildman–Crippen MR) is 79.3 cm³/mol. The number of amides is 1. The fourth-order valence-electron chi connectivity index (χ4n) is 2.75. The minimum atomic E-state index is -0.475. The first-order chi connectivity index (χ1) is 9.54. The van der Waals surface area contributed by atoms with Gasteiger partial charge in [0, 0.05) is 20.2 Å². The van der Waals surface area contributed by atoms with Gasteiger partial charge in [0.1, 0.15) is 0 Å². The molecule has 1 aromatic rings. The number of carbonyl (C=O) groups excluding carboxylic acids is 1. The van der Waals surface area contributed by atoms with Gasteiger partial charge in [0.25, 0.3) is 0 Å². The van der Waals surface area contributed by atoms with Crippen molar-refractivity contribution >= 4 is 5.91 Å². The molecule has 1 saturated heterocycles. The third-order valence-corrected chi connectivity index (χ3v) is 4.08. The van der Waals surface area contributed by atoms with Crippen LogP contribution in [0.25, 0.3) is 0 Å². The molecule has 110 valence electrons. The molecule has 1 amide bonds. The topological polar surface area (TPSA) is 55.6 Å². The molecule has 1 aliphatic rings. The van der Waals surface area contributed by atoms with E-state index in [4.69, 9.17) is 10.5 Å². The van der Waals surface area contributed by atoms with Gasteiger partial charge >= 0.3 is 0 Å². The average Bonchev–Trinajstić information content (AvgIpc) is 2.47. The molecular weight excluding hydrogens is 252 g/mol. The third kappa shape index (κ3) is 3.58. The molecule has 4 heteroatoms. The summed E-state index contributed by atoms with van der Waals surface area (Å²) in [6.45, 7) is 3.46. The summed E-state index contributed by atoms with van der Waals surface area (Å²) in [5.41, 5.74) is 6.94. The van der Waals surface area contributed by atoms with Gasteiger partial charge in [0.05, 0.1) is 11.6 Å². The van der Waals surface area contributed by atoms with Crippen molar-refractivity contribution in [2.45, 2.75) is 37.8 Å². The maximum absolute atomic E-state index is 12.5. The van der Waals surface area contributed by atoms with Gasteiger partial charge in [0.2, 0.25) is 5.91 Å². The Bertz CT molecular complexity index is 449. The number of nitrogens with zero attached hydrogens (tertiary/aromatic N) is 1. The number of piperidine rings is 1. The highest BCUT2D eigenvalue weighted by atomic mass is 16.5. The second-order valence-electron chi connectivity index (χ2n) is 5.81. The molecule has 0 radical (unpaired) electrons. The lowest BCUT2D eigenvalue weighted by Crippen LogP contribution is -2.54. The molecule has 0 spiro atoms. The predicted octanol–water partition coefficient (Wildman–Crippen LogP) is 1.58. The van der Waals surface area contributed by atoms with Crippen molar-refractivity contribution in [1.82, 2.24) is 4.90 Å². The molecule has 20 heavy (non-hydrogen) atoms. The number of rotatable bonds is 4. The summed E-state index contributed by atoms with van der Waals surface area (Å²) in [7, 11) is 1.71. The lowest BCUT2D eigenvalue weighted by Gasteiger charge is -2.40. The number of hydrogen-bond donors (Lipinski definition) is 1. The normalized spacial score (nSPS) is 24.4. The molecule has 0 bridgehead atoms. The minimum absolute atomic E-state index is 0.0248. The summed E-state index contributed by atoms with van der Waals surface area (Å²) < 4.78 is 5.52. The highest BCUT2D eigenvalue weighted by molar-refractivity contribution is 5.82. The van der Waals surface area contributed by atoms with Gasteiger partial charge in [0.15, 0.2) is 0 Å². The second kappa shape index (κ2) is 6.37. The largest absolute Gasteiger partial charge is 0.377 e. The van der Waals surface area contributed by atoms with Gasteiger partial charge in [-0.2, -0.15) is 0 Å². The first-order valence-corrected chi connectivity index (χ1v) is 7.17. The molecule has 0 aliphatic carbocycles. The van der Waals surface area contributed by atoms with Crippen LogP contribution in [-0.2, 0) is 16.0 Å². The number of benzene rings is 1. The molecule has 2 rings (SSSR count). The Morgan fingerprint density at radius 2 is 2.15 bits per heavy atom. The van der Waals surface area contributed by atoms with Crippen molar-refractivity contribution in [3.8, 4) is 0 Å². The summed E-state index contributed by atoms with van der Waals surface area (Å²) >= 11 is 0. The van der Waals surface area contributed by atoms with Gasteiger partial charge in [-0.3, -0.25) is 4.79 Å². The highest BCUT2D eigenvalue weighted by Gasteiger charge is 2.34. The highest BCUT2D eigenvalue weighted by Crippen LogP contribution is 2.24. The Balaban J connectivity index is 1.96. The van der Waals surface area contributed by atoms with Crippen molar-refractivity contribution < 1.29 is 9.53 Å². The van der Waals surface area contributed by atoms with Crippen LogP contribution in [0, 0.1) is 0 Å². The summed E-state index contributed by atoms with van der Waals surface area (Å²) in [4.78, 5) is 14.3. The van der Waals surface area contributed by atoms with E-state index in [1.807, 2.05) is 35.2 Å². The standard InChI is InChI=1S/C16H24N2O2/c1-16(20-2)9-6-10-18(12-16)15(19)14(17)11-13-7-4-3-5-8-13/h3-5,7-8,14H,6,9-12,17H2,1-2H3. The SMILES string of the molecule is COC1(C)CCCN(C(=O)C(N)Cc2ccccc2)C1. The zero-order valence-electron chi connectivity index (χ0n) is 12.3. The zero-order chi connectivity index (χ0) is 14.6. The van der Waals surface area contributed by atoms with E-state index in [2.05, 4.69) is 6.92 Å². The van der Waals surface area contributed by atoms with Gasteiger partial charge in [-0.1, -0.05) is 30.3 Å². The Kier molecular flexibility index (Phi) is 4.78. The van der Waals surface area contributed by atoms with E-state index in [9.17, 15) is 4.79 Å². The van der Waals surface area contributed by atoms with Crippen LogP contribution < -0.4 is 5.73 Å². The number of likely N-dealkylation sites (tertiary alicyclic amines) is 1. The third-order valence-electron chi connectivity index (χ3n) is 4.08. The number of nitrogens with two attached hydrogens (primary N) is 1. The van der Waals surface area contributed by atoms with Crippen molar-refractivity contribution in [3.63, 3.8) is 0 Å². The molecule has 1 aliphatic heterocycles. The number of carbonyl (C=O) groups is 1. The van der Waals surface area contributed by atoms with Gasteiger partial charge < -0.3 is 15.4 Å². The minimum Gasteiger partial charge on any atom is -0.377 e. The van der Waals surface area contributed by atoms with E-state index in [-0.39, 0.29) is 11.5 Å². The zero-order valence-corrected chi connectivity index (χ0v) is 12.3. The quantitative estimate of drug-likeness (QED) is 0.908. The smallest absolute Gasteiger partial charge is 0.239 e. The molecular formula is C16H24N2O2. The van der Waals surface area contributed by atoms with E-state index >= 15 is 0 Å². The molecule has 1 heterocycles. The Morgan fingerprint density at radius 1 is 1.45 bits per heavy atom. The molecule has 1 aromatic carbocycles. The molecule has 2 unspecified atom stereocenters. The van der Waals surface area contributed by atoms with Crippen LogP contribution >= 0.6 is 0 Å². The van der Waals surface area contributed by atoms with Crippen molar-refractivity contribution in [2.24, 2.45) is 5.73 Å². The van der Waals surface area contributed by atoms with E-state index in [1.165, 1.54) is 0 Å². The Morgan fingerprint density at radius 3 is 2.80 bits per heavy atom. The summed E-state index contributed by atoms with van der Waals surface area (Å²) in [5, 5.41) is 0. The molecule has 2 N–H and O–H groups in total. The fraction of sp³-hybridized carbons (Fsp3) is 0.562. The number of methoxy groups -OCH3 is 1. The first kappa shape index (κ1) is 15.0. The van der Waals surface area contributed by atoms with E-state index in [0.29, 0.717) is 13.0 Å². The summed E-state index contributed by atoms with van der Waals surface area (Å²) in [6, 6.07) is 9.43. The lowest BCUT2D eigenvalue weighted by atomic mass is 9.94. The van der Waals surface area contributed by atoms with Crippen molar-refractivity contribution in [2.75, 3.05) is 20.2 Å². The average molecular weight is 276 g/mol. The van der Waals surface area contributed by atoms with Crippen LogP contribution in [0.3, 0.4) is 0 Å². The molecule has 2 atom stereocenters. The van der Waals surface area contributed by atoms with E-state index in [1.54, 1.807) is 7.11 Å². The summed E-state index contributed by atoms with van der Waals surface area (Å²) in [5.74, 6) is 0.0248. The molecule has 1 fully saturated rings. The van der Waals surface area contributed by atoms with E-state index < -0.39 is 6.04 Å². The van der Waals surface area contributed by atoms with Crippen LogP contribution in [-0.4, -0.2) is 42.6 Å². The van der Waals surface area contributed by atoms with Crippen LogP contribution in [0.2, 0.25) is 0 Å². The fourth-order valence-corrected chi connectivity index (χ4v) is 2.75. The lowest BCUT2D eigenvalue weighted by molar-refractivity contribution is -0.140. The van der Waals surface area contributed by atoms with Gasteiger partial charge in [-0.15, -0.1) is 0 Å². The Hall–Kier alpha value is -1.39. The van der Waals surface area contributed by atoms with Crippen LogP contribution in [0.5, 0.6) is 0 Å². The summed E-state index contributed by atoms with van der Waals surface area (Å²) in [6.07, 6.45) is 2.54. The van der Waals surface area contributed by atoms with Crippen LogP contribution in [0.15, 0.2) is 30.3 Å². The Labute approximate surface area is 120 Å². The number of hydrogen-bond acceptors (Lipinski definition) is 3. The maximum atomic E-state index is 12.5. The van der Waals surface area contributed by atoms with Crippen molar-refractivity contribution in [1.29, 1.82) is 0 Å². The van der Waals surface area contributed by atoms with Crippen LogP contribution in [0.4, 0.5) is 0 Å². The maximum Gasteiger partial charge on any atom is 0.239 e. The van der Waals surface area contributed by atoms with Gasteiger partial charge in [-0.05, 0) is 31.7 Å². The first-order valence-electron chi connectivity index (χ1n) is 7.17. The van der Waals surface area contributed by atoms with Gasteiger partial charge in [-0.25, -0.2) is 0 Å². The molecule has 0 aromatic heterocycles. The monoisotopic (exact) mass is 276 g/mol. The molecule has 0 saturated carbocycles. The second-order valence-corrected chi connectivity index (χ2v) is 5.81. The van der Waals surface area contributed by atoms with Crippen molar-refractivity contribution in [3.05, 3.63) is 35.9 Å². The molecule has 4 nitrogen and oxygen atoms in total. The van der Waals surface area contributed by atoms with E-state index in [0.717, 1.165) is 24.9 Å².